The first-order valence-corrected chi connectivity index (χ1v) is 12.6. The Morgan fingerprint density at radius 3 is 0.854 bits per heavy atom. The maximum absolute atomic E-state index is 10.4. The maximum atomic E-state index is 10.4. The lowest BCUT2D eigenvalue weighted by molar-refractivity contribution is -0.404. The monoisotopic (exact) mass is 670 g/mol. The molecule has 0 unspecified atom stereocenters. The molecule has 22 nitrogen and oxygen atoms in total. The third-order valence-electron chi connectivity index (χ3n) is 5.93. The van der Waals surface area contributed by atoms with E-state index >= 15 is 0 Å². The van der Waals surface area contributed by atoms with Crippen molar-refractivity contribution in [3.8, 4) is 11.5 Å². The number of quaternary nitrogens is 2. The van der Waals surface area contributed by atoms with Gasteiger partial charge in [-0.05, 0) is 24.3 Å². The summed E-state index contributed by atoms with van der Waals surface area (Å²) in [6.45, 7) is 0. The molecule has 0 bridgehead atoms. The molecular formula is C26H22N8O14+2. The van der Waals surface area contributed by atoms with E-state index < -0.39 is 75.2 Å². The number of rotatable bonds is 8. The van der Waals surface area contributed by atoms with Gasteiger partial charge in [0.15, 0.2) is 11.4 Å². The van der Waals surface area contributed by atoms with Gasteiger partial charge in [0, 0.05) is 11.1 Å². The van der Waals surface area contributed by atoms with Crippen LogP contribution in [0.5, 0.6) is 11.5 Å². The van der Waals surface area contributed by atoms with Gasteiger partial charge in [-0.1, -0.05) is 36.4 Å². The van der Waals surface area contributed by atoms with Crippen molar-refractivity contribution in [2.75, 3.05) is 0 Å². The van der Waals surface area contributed by atoms with Crippen LogP contribution in [0.4, 0.5) is 34.1 Å². The predicted octanol–water partition coefficient (Wildman–Crippen LogP) is 3.23. The quantitative estimate of drug-likeness (QED) is 0.119. The van der Waals surface area contributed by atoms with Gasteiger partial charge >= 0.3 is 22.7 Å². The third-order valence-corrected chi connectivity index (χ3v) is 5.93. The van der Waals surface area contributed by atoms with Crippen LogP contribution >= 0.6 is 0 Å². The second-order valence-electron chi connectivity index (χ2n) is 8.90. The summed E-state index contributed by atoms with van der Waals surface area (Å²) in [5.41, 5.74) is 6.40. The van der Waals surface area contributed by atoms with Gasteiger partial charge in [0.25, 0.3) is 22.9 Å². The molecule has 0 amide bonds. The van der Waals surface area contributed by atoms with Crippen LogP contribution in [0.25, 0.3) is 11.4 Å². The van der Waals surface area contributed by atoms with Gasteiger partial charge in [0.2, 0.25) is 0 Å². The average molecular weight is 671 g/mol. The van der Waals surface area contributed by atoms with E-state index in [1.54, 1.807) is 0 Å². The second kappa shape index (κ2) is 16.0. The highest BCUT2D eigenvalue weighted by molar-refractivity contribution is 5.80. The van der Waals surface area contributed by atoms with Gasteiger partial charge in [-0.25, -0.2) is 0 Å². The number of nitro groups is 6. The molecule has 8 N–H and O–H groups in total. The van der Waals surface area contributed by atoms with E-state index in [0.717, 1.165) is 22.5 Å². The van der Waals surface area contributed by atoms with Crippen molar-refractivity contribution >= 4 is 45.5 Å². The first kappa shape index (κ1) is 36.7. The molecule has 0 saturated carbocycles. The van der Waals surface area contributed by atoms with Crippen LogP contribution in [0.1, 0.15) is 11.1 Å². The smallest absolute Gasteiger partial charge is 0.324 e. The molecule has 4 rings (SSSR count). The fourth-order valence-corrected chi connectivity index (χ4v) is 3.57. The summed E-state index contributed by atoms with van der Waals surface area (Å²) >= 11 is 0. The molecule has 4 aromatic carbocycles. The summed E-state index contributed by atoms with van der Waals surface area (Å²) < 4.78 is 0. The van der Waals surface area contributed by atoms with Crippen molar-refractivity contribution in [1.82, 2.24) is 0 Å². The average Bonchev–Trinajstić information content (AvgIpc) is 3.04. The minimum Gasteiger partial charge on any atom is -0.497 e. The van der Waals surface area contributed by atoms with Crippen molar-refractivity contribution < 1.29 is 51.2 Å². The summed E-state index contributed by atoms with van der Waals surface area (Å²) in [5, 5.41) is 80.4. The zero-order valence-corrected chi connectivity index (χ0v) is 24.0. The molecule has 0 atom stereocenters. The molecule has 0 aliphatic carbocycles. The Hall–Kier alpha value is -7.46. The largest absolute Gasteiger partial charge is 0.497 e. The molecule has 0 saturated heterocycles. The van der Waals surface area contributed by atoms with E-state index in [9.17, 15) is 60.7 Å². The van der Waals surface area contributed by atoms with Crippen molar-refractivity contribution in [3.05, 3.63) is 157 Å². The molecular weight excluding hydrogens is 648 g/mol. The summed E-state index contributed by atoms with van der Waals surface area (Å²) in [7, 11) is 0. The van der Waals surface area contributed by atoms with E-state index in [0.29, 0.717) is 24.3 Å². The van der Waals surface area contributed by atoms with E-state index in [1.165, 1.54) is 0 Å². The summed E-state index contributed by atoms with van der Waals surface area (Å²) in [5.74, 6) is -2.42. The highest BCUT2D eigenvalue weighted by Crippen LogP contribution is 2.40. The Balaban J connectivity index is 0.000000250. The molecule has 0 aromatic heterocycles. The number of nitro benzene ring substituents is 6. The number of nitrogens with zero attached hydrogens (tertiary/aromatic N) is 6. The van der Waals surface area contributed by atoms with Crippen molar-refractivity contribution in [1.29, 1.82) is 0 Å². The lowest BCUT2D eigenvalue weighted by Crippen LogP contribution is -2.56. The van der Waals surface area contributed by atoms with Crippen molar-refractivity contribution in [2.45, 2.75) is 0 Å². The fraction of sp³-hybridized carbons (Fsp3) is 0. The molecule has 48 heavy (non-hydrogen) atoms. The van der Waals surface area contributed by atoms with E-state index in [1.807, 2.05) is 36.4 Å². The Kier molecular flexibility index (Phi) is 12.3. The summed E-state index contributed by atoms with van der Waals surface area (Å²) in [6.07, 6.45) is 0. The number of phenols is 2. The van der Waals surface area contributed by atoms with E-state index in [-0.39, 0.29) is 0 Å². The molecule has 0 heterocycles. The van der Waals surface area contributed by atoms with Crippen LogP contribution in [-0.4, -0.2) is 39.8 Å². The van der Waals surface area contributed by atoms with Gasteiger partial charge in [-0.3, -0.25) is 60.7 Å². The molecule has 0 radical (unpaired) electrons. The van der Waals surface area contributed by atoms with Crippen LogP contribution in [0.3, 0.4) is 0 Å². The number of phenolic OH excluding ortho intramolecular Hbond substituents is 2. The van der Waals surface area contributed by atoms with Gasteiger partial charge in [-0.2, -0.15) is 0 Å². The van der Waals surface area contributed by atoms with Crippen LogP contribution < -0.4 is 11.5 Å². The molecule has 0 fully saturated rings. The second-order valence-corrected chi connectivity index (χ2v) is 8.90. The van der Waals surface area contributed by atoms with Gasteiger partial charge in [0.05, 0.1) is 53.8 Å². The summed E-state index contributed by atoms with van der Waals surface area (Å²) in [4.78, 5) is 55.5. The minimum absolute atomic E-state index is 0.447. The van der Waals surface area contributed by atoms with Crippen LogP contribution in [0.15, 0.2) is 84.9 Å². The van der Waals surface area contributed by atoms with Crippen molar-refractivity contribution in [2.24, 2.45) is 0 Å². The summed E-state index contributed by atoms with van der Waals surface area (Å²) in [6, 6.07) is 22.1. The van der Waals surface area contributed by atoms with Crippen molar-refractivity contribution in [3.63, 3.8) is 0 Å². The van der Waals surface area contributed by atoms with Gasteiger partial charge < -0.3 is 21.7 Å². The number of aromatic hydroxyl groups is 2. The SMILES string of the molecule is O=[N+]([O-])c1cc([N+](=O)[O-])c(O)c([N+](=O)[O-])c1.O=[N+]([O-])c1cc([N+](=O)[O-])c(O)c([N+](=O)[O-])c1.[NH3+]/C(=C(\[NH3+])c1ccccc1)c1ccccc1. The fourth-order valence-electron chi connectivity index (χ4n) is 3.57. The Morgan fingerprint density at radius 2 is 0.667 bits per heavy atom. The number of hydrogen-bond donors (Lipinski definition) is 4. The number of benzene rings is 4. The highest BCUT2D eigenvalue weighted by atomic mass is 16.7. The zero-order valence-electron chi connectivity index (χ0n) is 24.0. The number of hydrogen-bond acceptors (Lipinski definition) is 14. The predicted molar refractivity (Wildman–Crippen MR) is 162 cm³/mol. The zero-order chi connectivity index (χ0) is 36.3. The lowest BCUT2D eigenvalue weighted by Gasteiger charge is -2.00. The van der Waals surface area contributed by atoms with Gasteiger partial charge in [-0.15, -0.1) is 0 Å². The van der Waals surface area contributed by atoms with E-state index in [4.69, 9.17) is 10.2 Å². The molecule has 4 aromatic rings. The van der Waals surface area contributed by atoms with Crippen LogP contribution in [0.2, 0.25) is 0 Å². The maximum Gasteiger partial charge on any atom is 0.324 e. The Morgan fingerprint density at radius 1 is 0.438 bits per heavy atom. The van der Waals surface area contributed by atoms with Gasteiger partial charge in [0.1, 0.15) is 0 Å². The third kappa shape index (κ3) is 9.27. The molecule has 0 aliphatic heterocycles. The molecule has 22 heteroatoms. The molecule has 248 valence electrons. The molecule has 0 aliphatic rings. The Bertz CT molecular complexity index is 1730. The topological polar surface area (TPSA) is 355 Å². The van der Waals surface area contributed by atoms with E-state index in [2.05, 4.69) is 35.7 Å². The minimum atomic E-state index is -1.21. The lowest BCUT2D eigenvalue weighted by atomic mass is 10.1. The first-order valence-electron chi connectivity index (χ1n) is 12.6. The molecule has 0 spiro atoms. The first-order chi connectivity index (χ1) is 22.5. The number of non-ortho nitro benzene ring substituents is 2. The normalized spacial score (nSPS) is 10.5. The van der Waals surface area contributed by atoms with Crippen LogP contribution in [-0.2, 0) is 0 Å². The van der Waals surface area contributed by atoms with Crippen LogP contribution in [0, 0.1) is 60.7 Å². The highest BCUT2D eigenvalue weighted by Gasteiger charge is 2.31. The standard InChI is InChI=1S/C14H14N2.2C6H3N3O7/c15-13(11-7-3-1-4-8-11)14(16)12-9-5-2-6-10-12;2*10-6-4(8(13)14)1-3(7(11)12)2-5(6)9(15)16/h1-10H,15-16H2;2*1-2,10H/p+2/b14-13-;;. The Labute approximate surface area is 265 Å².